The number of nitriles is 1. The fourth-order valence-corrected chi connectivity index (χ4v) is 1.54. The average Bonchev–Trinajstić information content (AvgIpc) is 2.46. The molecule has 0 aliphatic carbocycles. The smallest absolute Gasteiger partial charge is 0.416 e. The van der Waals surface area contributed by atoms with Crippen molar-refractivity contribution < 1.29 is 18.3 Å². The molecule has 0 aromatic heterocycles. The van der Waals surface area contributed by atoms with E-state index in [-0.39, 0.29) is 22.7 Å². The number of hydrogen-bond acceptors (Lipinski definition) is 4. The van der Waals surface area contributed by atoms with E-state index >= 15 is 0 Å². The highest BCUT2D eigenvalue weighted by Gasteiger charge is 2.30. The van der Waals surface area contributed by atoms with Crippen LogP contribution in [0.15, 0.2) is 52.7 Å². The van der Waals surface area contributed by atoms with Crippen LogP contribution in [-0.4, -0.2) is 5.11 Å². The van der Waals surface area contributed by atoms with Gasteiger partial charge in [-0.3, -0.25) is 0 Å². The van der Waals surface area contributed by atoms with E-state index in [1.165, 1.54) is 30.3 Å². The monoisotopic (exact) mass is 291 g/mol. The third-order valence-electron chi connectivity index (χ3n) is 2.56. The van der Waals surface area contributed by atoms with Crippen LogP contribution in [-0.2, 0) is 6.18 Å². The van der Waals surface area contributed by atoms with Gasteiger partial charge in [-0.15, -0.1) is 0 Å². The maximum atomic E-state index is 12.5. The van der Waals surface area contributed by atoms with Crippen LogP contribution in [0.1, 0.15) is 11.1 Å². The Morgan fingerprint density at radius 2 is 1.67 bits per heavy atom. The van der Waals surface area contributed by atoms with Crippen molar-refractivity contribution in [1.29, 1.82) is 5.26 Å². The van der Waals surface area contributed by atoms with Gasteiger partial charge in [-0.25, -0.2) is 0 Å². The van der Waals surface area contributed by atoms with E-state index in [1.807, 2.05) is 0 Å². The molecule has 0 radical (unpaired) electrons. The largest absolute Gasteiger partial charge is 0.507 e. The van der Waals surface area contributed by atoms with Crippen LogP contribution < -0.4 is 0 Å². The number of nitrogens with zero attached hydrogens (tertiary/aromatic N) is 3. The molecule has 2 aromatic carbocycles. The van der Waals surface area contributed by atoms with Crippen LogP contribution in [0.4, 0.5) is 24.5 Å². The Labute approximate surface area is 117 Å². The second kappa shape index (κ2) is 5.63. The van der Waals surface area contributed by atoms with Gasteiger partial charge in [0.2, 0.25) is 0 Å². The predicted octanol–water partition coefficient (Wildman–Crippen LogP) is 4.70. The molecular weight excluding hydrogens is 283 g/mol. The van der Waals surface area contributed by atoms with Gasteiger partial charge in [0.25, 0.3) is 0 Å². The van der Waals surface area contributed by atoms with Crippen molar-refractivity contribution in [2.45, 2.75) is 6.18 Å². The summed E-state index contributed by atoms with van der Waals surface area (Å²) >= 11 is 0. The zero-order valence-corrected chi connectivity index (χ0v) is 10.5. The van der Waals surface area contributed by atoms with Gasteiger partial charge >= 0.3 is 6.18 Å². The lowest BCUT2D eigenvalue weighted by Crippen LogP contribution is -2.03. The van der Waals surface area contributed by atoms with Crippen molar-refractivity contribution in [1.82, 2.24) is 0 Å². The molecule has 0 fully saturated rings. The first-order valence-corrected chi connectivity index (χ1v) is 5.72. The van der Waals surface area contributed by atoms with Crippen LogP contribution >= 0.6 is 0 Å². The summed E-state index contributed by atoms with van der Waals surface area (Å²) in [5, 5.41) is 25.5. The van der Waals surface area contributed by atoms with Gasteiger partial charge in [0.05, 0.1) is 22.5 Å². The number of hydrogen-bond donors (Lipinski definition) is 1. The molecule has 7 heteroatoms. The Morgan fingerprint density at radius 1 is 1.00 bits per heavy atom. The summed E-state index contributed by atoms with van der Waals surface area (Å²) in [5.74, 6) is -0.199. The fraction of sp³-hybridized carbons (Fsp3) is 0.0714. The van der Waals surface area contributed by atoms with Crippen LogP contribution in [0, 0.1) is 11.3 Å². The standard InChI is InChI=1S/C14H8F3N3O/c15-14(16,17)10-2-1-3-11(7-10)19-20-12-4-5-13(21)9(6-12)8-18/h1-7,21H/b20-19+. The average molecular weight is 291 g/mol. The van der Waals surface area contributed by atoms with E-state index in [2.05, 4.69) is 10.2 Å². The Bertz CT molecular complexity index is 733. The van der Waals surface area contributed by atoms with Gasteiger partial charge in [0.15, 0.2) is 0 Å². The molecule has 2 rings (SSSR count). The Morgan fingerprint density at radius 3 is 2.29 bits per heavy atom. The molecule has 0 atom stereocenters. The van der Waals surface area contributed by atoms with Crippen LogP contribution in [0.3, 0.4) is 0 Å². The highest BCUT2D eigenvalue weighted by atomic mass is 19.4. The number of phenols is 1. The Kier molecular flexibility index (Phi) is 3.89. The molecule has 1 N–H and O–H groups in total. The van der Waals surface area contributed by atoms with E-state index in [0.717, 1.165) is 12.1 Å². The van der Waals surface area contributed by atoms with Crippen molar-refractivity contribution in [3.05, 3.63) is 53.6 Å². The lowest BCUT2D eigenvalue weighted by molar-refractivity contribution is -0.137. The van der Waals surface area contributed by atoms with E-state index < -0.39 is 11.7 Å². The molecule has 0 aliphatic heterocycles. The number of benzene rings is 2. The van der Waals surface area contributed by atoms with Gasteiger partial charge in [0, 0.05) is 0 Å². The summed E-state index contributed by atoms with van der Waals surface area (Å²) in [4.78, 5) is 0. The van der Waals surface area contributed by atoms with Crippen LogP contribution in [0.2, 0.25) is 0 Å². The predicted molar refractivity (Wildman–Crippen MR) is 68.4 cm³/mol. The molecule has 0 saturated heterocycles. The minimum atomic E-state index is -4.45. The Balaban J connectivity index is 2.28. The van der Waals surface area contributed by atoms with Gasteiger partial charge < -0.3 is 5.11 Å². The van der Waals surface area contributed by atoms with E-state index in [4.69, 9.17) is 5.26 Å². The summed E-state index contributed by atoms with van der Waals surface area (Å²) in [6.07, 6.45) is -4.45. The summed E-state index contributed by atoms with van der Waals surface area (Å²) in [7, 11) is 0. The van der Waals surface area contributed by atoms with Gasteiger partial charge in [-0.1, -0.05) is 6.07 Å². The number of aromatic hydroxyl groups is 1. The molecule has 0 aliphatic rings. The molecular formula is C14H8F3N3O. The lowest BCUT2D eigenvalue weighted by atomic mass is 10.2. The first kappa shape index (κ1) is 14.5. The van der Waals surface area contributed by atoms with Crippen molar-refractivity contribution in [2.24, 2.45) is 10.2 Å². The first-order valence-electron chi connectivity index (χ1n) is 5.72. The number of halogens is 3. The SMILES string of the molecule is N#Cc1cc(/N=N/c2cccc(C(F)(F)F)c2)ccc1O. The first-order chi connectivity index (χ1) is 9.90. The molecule has 0 unspecified atom stereocenters. The zero-order valence-electron chi connectivity index (χ0n) is 10.5. The van der Waals surface area contributed by atoms with E-state index in [9.17, 15) is 18.3 Å². The normalized spacial score (nSPS) is 11.5. The van der Waals surface area contributed by atoms with Crippen LogP contribution in [0.25, 0.3) is 0 Å². The molecule has 0 heterocycles. The van der Waals surface area contributed by atoms with Gasteiger partial charge in [-0.05, 0) is 36.4 Å². The second-order valence-electron chi connectivity index (χ2n) is 4.06. The maximum Gasteiger partial charge on any atom is 0.416 e. The highest BCUT2D eigenvalue weighted by Crippen LogP contribution is 2.32. The fourth-order valence-electron chi connectivity index (χ4n) is 1.54. The van der Waals surface area contributed by atoms with Gasteiger partial charge in [-0.2, -0.15) is 28.7 Å². The number of phenolic OH excluding ortho intramolecular Hbond substituents is 1. The molecule has 0 saturated carbocycles. The van der Waals surface area contributed by atoms with Crippen molar-refractivity contribution in [3.8, 4) is 11.8 Å². The maximum absolute atomic E-state index is 12.5. The zero-order chi connectivity index (χ0) is 15.5. The molecule has 0 spiro atoms. The molecule has 0 bridgehead atoms. The van der Waals surface area contributed by atoms with Crippen LogP contribution in [0.5, 0.6) is 5.75 Å². The summed E-state index contributed by atoms with van der Waals surface area (Å²) < 4.78 is 37.6. The summed E-state index contributed by atoms with van der Waals surface area (Å²) in [5.41, 5.74) is -0.518. The summed E-state index contributed by atoms with van der Waals surface area (Å²) in [6, 6.07) is 10.1. The number of azo groups is 1. The topological polar surface area (TPSA) is 68.7 Å². The molecule has 21 heavy (non-hydrogen) atoms. The van der Waals surface area contributed by atoms with E-state index in [0.29, 0.717) is 0 Å². The number of rotatable bonds is 2. The van der Waals surface area contributed by atoms with Gasteiger partial charge in [0.1, 0.15) is 11.8 Å². The van der Waals surface area contributed by atoms with Crippen molar-refractivity contribution in [2.75, 3.05) is 0 Å². The minimum Gasteiger partial charge on any atom is -0.507 e. The molecule has 0 amide bonds. The highest BCUT2D eigenvalue weighted by molar-refractivity contribution is 5.52. The second-order valence-corrected chi connectivity index (χ2v) is 4.06. The lowest BCUT2D eigenvalue weighted by Gasteiger charge is -2.05. The summed E-state index contributed by atoms with van der Waals surface area (Å²) in [6.45, 7) is 0. The van der Waals surface area contributed by atoms with Crippen molar-refractivity contribution in [3.63, 3.8) is 0 Å². The minimum absolute atomic E-state index is 0.00972. The van der Waals surface area contributed by atoms with Crippen molar-refractivity contribution >= 4 is 11.4 Å². The molecule has 2 aromatic rings. The molecule has 106 valence electrons. The molecule has 4 nitrogen and oxygen atoms in total. The Hall–Kier alpha value is -2.88. The third kappa shape index (κ3) is 3.57. The quantitative estimate of drug-likeness (QED) is 0.815. The van der Waals surface area contributed by atoms with E-state index in [1.54, 1.807) is 6.07 Å². The number of alkyl halides is 3. The third-order valence-corrected chi connectivity index (χ3v) is 2.56.